The lowest BCUT2D eigenvalue weighted by atomic mass is 9.83. The van der Waals surface area contributed by atoms with E-state index in [9.17, 15) is 4.79 Å². The lowest BCUT2D eigenvalue weighted by molar-refractivity contribution is -0.139. The van der Waals surface area contributed by atoms with Crippen LogP contribution in [-0.4, -0.2) is 19.2 Å². The fraction of sp³-hybridized carbons (Fsp3) is 0.615. The average Bonchev–Trinajstić information content (AvgIpc) is 2.34. The monoisotopic (exact) mass is 224 g/mol. The highest BCUT2D eigenvalue weighted by Gasteiger charge is 2.22. The fourth-order valence-electron chi connectivity index (χ4n) is 2.03. The van der Waals surface area contributed by atoms with Crippen molar-refractivity contribution in [1.29, 1.82) is 0 Å². The molecule has 1 saturated carbocycles. The molecule has 16 heavy (non-hydrogen) atoms. The molecule has 3 nitrogen and oxygen atoms in total. The van der Waals surface area contributed by atoms with E-state index in [1.165, 1.54) is 12.3 Å². The van der Waals surface area contributed by atoms with Gasteiger partial charge in [-0.3, -0.25) is 0 Å². The summed E-state index contributed by atoms with van der Waals surface area (Å²) in [6, 6.07) is 0. The summed E-state index contributed by atoms with van der Waals surface area (Å²) >= 11 is 0. The molecule has 0 heterocycles. The number of ether oxygens (including phenoxy) is 2. The van der Waals surface area contributed by atoms with E-state index in [0.717, 1.165) is 32.3 Å². The Morgan fingerprint density at radius 2 is 1.69 bits per heavy atom. The second-order valence-corrected chi connectivity index (χ2v) is 4.22. The van der Waals surface area contributed by atoms with Crippen LogP contribution in [0.25, 0.3) is 0 Å². The molecule has 0 bridgehead atoms. The summed E-state index contributed by atoms with van der Waals surface area (Å²) in [6.07, 6.45) is 7.21. The van der Waals surface area contributed by atoms with Crippen LogP contribution in [0.5, 0.6) is 0 Å². The smallest absolute Gasteiger partial charge is 0.330 e. The van der Waals surface area contributed by atoms with Crippen LogP contribution in [0.1, 0.15) is 25.7 Å². The number of carbonyl (C=O) groups is 1. The number of rotatable bonds is 6. The lowest BCUT2D eigenvalue weighted by Crippen LogP contribution is -2.22. The molecule has 1 rings (SSSR count). The molecule has 1 fully saturated rings. The highest BCUT2D eigenvalue weighted by Crippen LogP contribution is 2.29. The third-order valence-electron chi connectivity index (χ3n) is 3.04. The van der Waals surface area contributed by atoms with Gasteiger partial charge in [-0.15, -0.1) is 0 Å². The number of hydrogen-bond donors (Lipinski definition) is 0. The van der Waals surface area contributed by atoms with Gasteiger partial charge in [-0.25, -0.2) is 4.79 Å². The molecule has 0 aromatic heterocycles. The molecular weight excluding hydrogens is 204 g/mol. The highest BCUT2D eigenvalue weighted by atomic mass is 16.5. The Kier molecular flexibility index (Phi) is 5.68. The molecule has 0 aromatic carbocycles. The molecule has 0 amide bonds. The zero-order valence-corrected chi connectivity index (χ0v) is 9.69. The first-order valence-electron chi connectivity index (χ1n) is 5.78. The van der Waals surface area contributed by atoms with Crippen LogP contribution < -0.4 is 0 Å². The van der Waals surface area contributed by atoms with Crippen LogP contribution >= 0.6 is 0 Å². The Hall–Kier alpha value is -1.25. The van der Waals surface area contributed by atoms with E-state index in [1.54, 1.807) is 0 Å². The van der Waals surface area contributed by atoms with Gasteiger partial charge in [0.15, 0.2) is 0 Å². The number of carbonyl (C=O) groups excluding carboxylic acids is 1. The van der Waals surface area contributed by atoms with Gasteiger partial charge >= 0.3 is 5.97 Å². The van der Waals surface area contributed by atoms with Crippen molar-refractivity contribution < 1.29 is 14.3 Å². The molecule has 0 saturated heterocycles. The molecular formula is C13H20O3. The zero-order chi connectivity index (χ0) is 11.8. The average molecular weight is 224 g/mol. The SMILES string of the molecule is C=COCC1CCC(COC(=O)C=C)CC1. The van der Waals surface area contributed by atoms with Gasteiger partial charge in [0.2, 0.25) is 0 Å². The van der Waals surface area contributed by atoms with E-state index in [-0.39, 0.29) is 5.97 Å². The number of hydrogen-bond acceptors (Lipinski definition) is 3. The Bertz CT molecular complexity index is 240. The summed E-state index contributed by atoms with van der Waals surface area (Å²) in [5.74, 6) is 0.811. The molecule has 0 unspecified atom stereocenters. The second-order valence-electron chi connectivity index (χ2n) is 4.22. The zero-order valence-electron chi connectivity index (χ0n) is 9.69. The summed E-state index contributed by atoms with van der Waals surface area (Å²) in [5, 5.41) is 0. The molecule has 0 spiro atoms. The van der Waals surface area contributed by atoms with Crippen LogP contribution in [0.2, 0.25) is 0 Å². The van der Waals surface area contributed by atoms with Crippen LogP contribution in [-0.2, 0) is 14.3 Å². The normalized spacial score (nSPS) is 24.5. The quantitative estimate of drug-likeness (QED) is 0.395. The minimum absolute atomic E-state index is 0.322. The Morgan fingerprint density at radius 1 is 1.12 bits per heavy atom. The summed E-state index contributed by atoms with van der Waals surface area (Å²) in [7, 11) is 0. The van der Waals surface area contributed by atoms with Crippen LogP contribution in [0.15, 0.2) is 25.5 Å². The van der Waals surface area contributed by atoms with E-state index in [2.05, 4.69) is 13.2 Å². The first-order chi connectivity index (χ1) is 7.76. The predicted octanol–water partition coefficient (Wildman–Crippen LogP) is 2.68. The Morgan fingerprint density at radius 3 is 2.19 bits per heavy atom. The van der Waals surface area contributed by atoms with Crippen molar-refractivity contribution in [1.82, 2.24) is 0 Å². The predicted molar refractivity (Wildman–Crippen MR) is 62.8 cm³/mol. The summed E-state index contributed by atoms with van der Waals surface area (Å²) in [4.78, 5) is 10.9. The van der Waals surface area contributed by atoms with Gasteiger partial charge in [0.05, 0.1) is 19.5 Å². The van der Waals surface area contributed by atoms with Crippen molar-refractivity contribution in [2.45, 2.75) is 25.7 Å². The fourth-order valence-corrected chi connectivity index (χ4v) is 2.03. The van der Waals surface area contributed by atoms with Crippen LogP contribution in [0.3, 0.4) is 0 Å². The maximum Gasteiger partial charge on any atom is 0.330 e. The summed E-state index contributed by atoms with van der Waals surface area (Å²) in [5.41, 5.74) is 0. The Labute approximate surface area is 97.1 Å². The minimum atomic E-state index is -0.322. The van der Waals surface area contributed by atoms with Crippen molar-refractivity contribution in [3.05, 3.63) is 25.5 Å². The van der Waals surface area contributed by atoms with Crippen molar-refractivity contribution in [3.63, 3.8) is 0 Å². The van der Waals surface area contributed by atoms with Gasteiger partial charge in [-0.2, -0.15) is 0 Å². The van der Waals surface area contributed by atoms with Gasteiger partial charge in [-0.1, -0.05) is 13.2 Å². The molecule has 90 valence electrons. The van der Waals surface area contributed by atoms with E-state index in [1.807, 2.05) is 0 Å². The highest BCUT2D eigenvalue weighted by molar-refractivity contribution is 5.81. The lowest BCUT2D eigenvalue weighted by Gasteiger charge is -2.27. The van der Waals surface area contributed by atoms with Crippen molar-refractivity contribution in [2.24, 2.45) is 11.8 Å². The first-order valence-corrected chi connectivity index (χ1v) is 5.78. The topological polar surface area (TPSA) is 35.5 Å². The summed E-state index contributed by atoms with van der Waals surface area (Å²) < 4.78 is 10.2. The van der Waals surface area contributed by atoms with Crippen LogP contribution in [0, 0.1) is 11.8 Å². The van der Waals surface area contributed by atoms with Gasteiger partial charge in [0.25, 0.3) is 0 Å². The van der Waals surface area contributed by atoms with Crippen molar-refractivity contribution >= 4 is 5.97 Å². The Balaban J connectivity index is 2.14. The van der Waals surface area contributed by atoms with Crippen molar-refractivity contribution in [2.75, 3.05) is 13.2 Å². The maximum absolute atomic E-state index is 10.9. The minimum Gasteiger partial charge on any atom is -0.502 e. The van der Waals surface area contributed by atoms with Crippen molar-refractivity contribution in [3.8, 4) is 0 Å². The maximum atomic E-state index is 10.9. The van der Waals surface area contributed by atoms with E-state index >= 15 is 0 Å². The third kappa shape index (κ3) is 4.51. The molecule has 1 aliphatic rings. The molecule has 3 heteroatoms. The van der Waals surface area contributed by atoms with Crippen LogP contribution in [0.4, 0.5) is 0 Å². The standard InChI is InChI=1S/C13H20O3/c1-3-13(14)16-10-12-7-5-11(6-8-12)9-15-4-2/h3-4,11-12H,1-2,5-10H2. The summed E-state index contributed by atoms with van der Waals surface area (Å²) in [6.45, 7) is 8.19. The van der Waals surface area contributed by atoms with E-state index < -0.39 is 0 Å². The number of esters is 1. The largest absolute Gasteiger partial charge is 0.502 e. The molecule has 0 aromatic rings. The van der Waals surface area contributed by atoms with E-state index in [4.69, 9.17) is 9.47 Å². The van der Waals surface area contributed by atoms with Gasteiger partial charge in [0, 0.05) is 6.08 Å². The molecule has 0 radical (unpaired) electrons. The van der Waals surface area contributed by atoms with E-state index in [0.29, 0.717) is 18.4 Å². The first kappa shape index (κ1) is 12.8. The molecule has 1 aliphatic carbocycles. The third-order valence-corrected chi connectivity index (χ3v) is 3.04. The molecule has 0 atom stereocenters. The molecule has 0 N–H and O–H groups in total. The van der Waals surface area contributed by atoms with Gasteiger partial charge in [0.1, 0.15) is 0 Å². The van der Waals surface area contributed by atoms with Gasteiger partial charge < -0.3 is 9.47 Å². The van der Waals surface area contributed by atoms with Gasteiger partial charge in [-0.05, 0) is 37.5 Å². The molecule has 0 aliphatic heterocycles. The second kappa shape index (κ2) is 7.09.